The number of rotatable bonds is 2. The number of aryl methyl sites for hydroxylation is 1. The van der Waals surface area contributed by atoms with Crippen LogP contribution in [0.15, 0.2) is 71.2 Å². The highest BCUT2D eigenvalue weighted by atomic mass is 79.9. The fourth-order valence-corrected chi connectivity index (χ4v) is 4.04. The first-order valence-electron chi connectivity index (χ1n) is 8.78. The van der Waals surface area contributed by atoms with Crippen LogP contribution in [0.4, 0.5) is 0 Å². The lowest BCUT2D eigenvalue weighted by atomic mass is 10.1. The van der Waals surface area contributed by atoms with Crippen LogP contribution in [0.25, 0.3) is 39.4 Å². The van der Waals surface area contributed by atoms with Crippen molar-refractivity contribution in [2.75, 3.05) is 0 Å². The van der Waals surface area contributed by atoms with Gasteiger partial charge in [-0.25, -0.2) is 15.0 Å². The summed E-state index contributed by atoms with van der Waals surface area (Å²) in [6.45, 7) is 2.07. The van der Waals surface area contributed by atoms with Gasteiger partial charge in [0.05, 0.1) is 16.7 Å². The number of hydrogen-bond acceptors (Lipinski definition) is 3. The van der Waals surface area contributed by atoms with Gasteiger partial charge in [0.1, 0.15) is 5.82 Å². The molecule has 0 aliphatic rings. The summed E-state index contributed by atoms with van der Waals surface area (Å²) in [6, 6.07) is 21.7. The number of para-hydroxylation sites is 2. The average Bonchev–Trinajstić information content (AvgIpc) is 3.04. The van der Waals surface area contributed by atoms with Crippen molar-refractivity contribution in [3.63, 3.8) is 0 Å². The van der Waals surface area contributed by atoms with Gasteiger partial charge in [0, 0.05) is 15.1 Å². The van der Waals surface area contributed by atoms with E-state index in [0.29, 0.717) is 10.7 Å². The van der Waals surface area contributed by atoms with E-state index in [1.807, 2.05) is 54.6 Å². The smallest absolute Gasteiger partial charge is 0.199 e. The molecule has 0 amide bonds. The van der Waals surface area contributed by atoms with E-state index in [0.717, 1.165) is 43.8 Å². The molecule has 5 rings (SSSR count). The van der Waals surface area contributed by atoms with Crippen molar-refractivity contribution in [3.8, 4) is 17.1 Å². The van der Waals surface area contributed by atoms with Crippen LogP contribution in [-0.4, -0.2) is 19.5 Å². The molecule has 0 N–H and O–H groups in total. The molecule has 136 valence electrons. The van der Waals surface area contributed by atoms with E-state index < -0.39 is 0 Å². The van der Waals surface area contributed by atoms with Gasteiger partial charge in [0.25, 0.3) is 0 Å². The molecule has 0 radical (unpaired) electrons. The van der Waals surface area contributed by atoms with Crippen LogP contribution in [0.2, 0.25) is 5.02 Å². The summed E-state index contributed by atoms with van der Waals surface area (Å²) in [5.41, 5.74) is 6.01. The number of fused-ring (bicyclic) bond motifs is 2. The molecular weight excluding hydrogens is 436 g/mol. The summed E-state index contributed by atoms with van der Waals surface area (Å²) < 4.78 is 3.08. The van der Waals surface area contributed by atoms with Gasteiger partial charge in [-0.05, 0) is 55.0 Å². The van der Waals surface area contributed by atoms with Crippen LogP contribution < -0.4 is 0 Å². The van der Waals surface area contributed by atoms with Crippen molar-refractivity contribution >= 4 is 49.9 Å². The lowest BCUT2D eigenvalue weighted by Gasteiger charge is -2.12. The third-order valence-corrected chi connectivity index (χ3v) is 5.38. The maximum Gasteiger partial charge on any atom is 0.199 e. The second-order valence-corrected chi connectivity index (χ2v) is 7.92. The fraction of sp³-hybridized carbons (Fsp3) is 0.0455. The molecule has 0 unspecified atom stereocenters. The molecule has 0 saturated heterocycles. The summed E-state index contributed by atoms with van der Waals surface area (Å²) in [7, 11) is 0. The zero-order valence-corrected chi connectivity index (χ0v) is 17.2. The molecule has 0 bridgehead atoms. The Morgan fingerprint density at radius 2 is 1.64 bits per heavy atom. The summed E-state index contributed by atoms with van der Waals surface area (Å²) in [4.78, 5) is 14.5. The van der Waals surface area contributed by atoms with E-state index in [1.165, 1.54) is 0 Å². The fourth-order valence-electron chi connectivity index (χ4n) is 3.38. The third kappa shape index (κ3) is 2.87. The molecule has 5 aromatic rings. The standard InChI is InChI=1S/C22H14BrClN4/c1-13-11-15(23)9-10-19(13)28-21(14-5-4-6-16(24)12-14)27-20-22(28)26-18-8-3-2-7-17(18)25-20/h2-12H,1H3. The summed E-state index contributed by atoms with van der Waals surface area (Å²) in [5.74, 6) is 0.762. The van der Waals surface area contributed by atoms with Crippen molar-refractivity contribution < 1.29 is 0 Å². The van der Waals surface area contributed by atoms with E-state index in [9.17, 15) is 0 Å². The van der Waals surface area contributed by atoms with E-state index in [2.05, 4.69) is 39.6 Å². The van der Waals surface area contributed by atoms with Gasteiger partial charge in [-0.15, -0.1) is 0 Å². The van der Waals surface area contributed by atoms with Crippen LogP contribution in [-0.2, 0) is 0 Å². The molecule has 4 nitrogen and oxygen atoms in total. The minimum absolute atomic E-state index is 0.607. The van der Waals surface area contributed by atoms with Gasteiger partial charge in [-0.2, -0.15) is 0 Å². The van der Waals surface area contributed by atoms with Gasteiger partial charge in [0.2, 0.25) is 0 Å². The Morgan fingerprint density at radius 3 is 2.39 bits per heavy atom. The Morgan fingerprint density at radius 1 is 0.857 bits per heavy atom. The molecule has 3 aromatic carbocycles. The monoisotopic (exact) mass is 448 g/mol. The maximum atomic E-state index is 6.25. The first kappa shape index (κ1) is 17.3. The first-order valence-corrected chi connectivity index (χ1v) is 9.95. The highest BCUT2D eigenvalue weighted by Crippen LogP contribution is 2.31. The normalized spacial score (nSPS) is 11.4. The molecule has 0 fully saturated rings. The average molecular weight is 450 g/mol. The molecule has 0 atom stereocenters. The second-order valence-electron chi connectivity index (χ2n) is 6.57. The number of aromatic nitrogens is 4. The Balaban J connectivity index is 1.91. The number of hydrogen-bond donors (Lipinski definition) is 0. The predicted molar refractivity (Wildman–Crippen MR) is 117 cm³/mol. The molecule has 0 aliphatic heterocycles. The lowest BCUT2D eigenvalue weighted by Crippen LogP contribution is -2.01. The second kappa shape index (κ2) is 6.69. The summed E-state index contributed by atoms with van der Waals surface area (Å²) in [5, 5.41) is 0.662. The topological polar surface area (TPSA) is 43.6 Å². The third-order valence-electron chi connectivity index (χ3n) is 4.65. The van der Waals surface area contributed by atoms with E-state index in [4.69, 9.17) is 26.6 Å². The minimum Gasteiger partial charge on any atom is -0.275 e. The van der Waals surface area contributed by atoms with Gasteiger partial charge < -0.3 is 0 Å². The SMILES string of the molecule is Cc1cc(Br)ccc1-n1c(-c2cccc(Cl)c2)nc2nc3ccccc3nc21. The summed E-state index contributed by atoms with van der Waals surface area (Å²) >= 11 is 9.80. The quantitative estimate of drug-likeness (QED) is 0.315. The Hall–Kier alpha value is -2.76. The minimum atomic E-state index is 0.607. The zero-order chi connectivity index (χ0) is 19.3. The zero-order valence-electron chi connectivity index (χ0n) is 14.9. The molecule has 0 saturated carbocycles. The summed E-state index contributed by atoms with van der Waals surface area (Å²) in [6.07, 6.45) is 0. The Kier molecular flexibility index (Phi) is 4.14. The number of nitrogens with zero attached hydrogens (tertiary/aromatic N) is 4. The van der Waals surface area contributed by atoms with Crippen LogP contribution in [0, 0.1) is 6.92 Å². The largest absolute Gasteiger partial charge is 0.275 e. The van der Waals surface area contributed by atoms with E-state index in [1.54, 1.807) is 0 Å². The van der Waals surface area contributed by atoms with Crippen LogP contribution in [0.3, 0.4) is 0 Å². The van der Waals surface area contributed by atoms with Gasteiger partial charge >= 0.3 is 0 Å². The number of halogens is 2. The maximum absolute atomic E-state index is 6.25. The molecule has 2 aromatic heterocycles. The predicted octanol–water partition coefficient (Wildman–Crippen LogP) is 6.36. The number of imidazole rings is 1. The molecule has 28 heavy (non-hydrogen) atoms. The van der Waals surface area contributed by atoms with Gasteiger partial charge in [0.15, 0.2) is 11.3 Å². The molecule has 0 aliphatic carbocycles. The van der Waals surface area contributed by atoms with Gasteiger partial charge in [-0.3, -0.25) is 4.57 Å². The highest BCUT2D eigenvalue weighted by molar-refractivity contribution is 9.10. The molecule has 0 spiro atoms. The lowest BCUT2D eigenvalue weighted by molar-refractivity contribution is 1.06. The Bertz CT molecular complexity index is 1360. The van der Waals surface area contributed by atoms with Crippen molar-refractivity contribution in [3.05, 3.63) is 81.8 Å². The van der Waals surface area contributed by atoms with Crippen LogP contribution >= 0.6 is 27.5 Å². The van der Waals surface area contributed by atoms with Crippen LogP contribution in [0.5, 0.6) is 0 Å². The number of benzene rings is 3. The van der Waals surface area contributed by atoms with Gasteiger partial charge in [-0.1, -0.05) is 51.8 Å². The Labute approximate surface area is 175 Å². The van der Waals surface area contributed by atoms with Crippen LogP contribution in [0.1, 0.15) is 5.56 Å². The van der Waals surface area contributed by atoms with Crippen molar-refractivity contribution in [1.29, 1.82) is 0 Å². The van der Waals surface area contributed by atoms with Crippen molar-refractivity contribution in [2.24, 2.45) is 0 Å². The molecule has 2 heterocycles. The van der Waals surface area contributed by atoms with E-state index >= 15 is 0 Å². The highest BCUT2D eigenvalue weighted by Gasteiger charge is 2.19. The van der Waals surface area contributed by atoms with E-state index in [-0.39, 0.29) is 0 Å². The van der Waals surface area contributed by atoms with Crippen molar-refractivity contribution in [1.82, 2.24) is 19.5 Å². The molecular formula is C22H14BrClN4. The van der Waals surface area contributed by atoms with Crippen molar-refractivity contribution in [2.45, 2.75) is 6.92 Å². The molecule has 6 heteroatoms. The first-order chi connectivity index (χ1) is 13.6.